The Morgan fingerprint density at radius 3 is 2.77 bits per heavy atom. The molecule has 0 radical (unpaired) electrons. The van der Waals surface area contributed by atoms with E-state index in [-0.39, 0.29) is 0 Å². The lowest BCUT2D eigenvalue weighted by Crippen LogP contribution is -1.92. The zero-order chi connectivity index (χ0) is 15.4. The summed E-state index contributed by atoms with van der Waals surface area (Å²) in [5.41, 5.74) is 4.82. The number of aromatic nitrogens is 3. The van der Waals surface area contributed by atoms with Crippen LogP contribution in [0.25, 0.3) is 0 Å². The summed E-state index contributed by atoms with van der Waals surface area (Å²) in [7, 11) is 0. The number of H-pyrrole nitrogens is 1. The Morgan fingerprint density at radius 2 is 1.95 bits per heavy atom. The van der Waals surface area contributed by atoms with Gasteiger partial charge in [0, 0.05) is 11.4 Å². The molecule has 112 valence electrons. The fourth-order valence-electron chi connectivity index (χ4n) is 2.14. The highest BCUT2D eigenvalue weighted by atomic mass is 32.2. The van der Waals surface area contributed by atoms with Crippen LogP contribution in [-0.4, -0.2) is 15.2 Å². The SMILES string of the molecule is Cc1cccc(Nc2nc(SCc3ccccc3C)n[nH]2)c1. The average molecular weight is 310 g/mol. The van der Waals surface area contributed by atoms with Crippen molar-refractivity contribution in [3.63, 3.8) is 0 Å². The third kappa shape index (κ3) is 3.68. The van der Waals surface area contributed by atoms with Crippen molar-refractivity contribution in [3.8, 4) is 0 Å². The van der Waals surface area contributed by atoms with E-state index in [2.05, 4.69) is 70.7 Å². The third-order valence-electron chi connectivity index (χ3n) is 3.36. The Bertz CT molecular complexity index is 767. The normalized spacial score (nSPS) is 10.6. The molecule has 0 saturated carbocycles. The summed E-state index contributed by atoms with van der Waals surface area (Å²) >= 11 is 1.63. The molecule has 0 unspecified atom stereocenters. The highest BCUT2D eigenvalue weighted by Gasteiger charge is 2.06. The van der Waals surface area contributed by atoms with E-state index in [4.69, 9.17) is 0 Å². The van der Waals surface area contributed by atoms with E-state index < -0.39 is 0 Å². The van der Waals surface area contributed by atoms with Crippen LogP contribution in [0.4, 0.5) is 11.6 Å². The molecule has 5 heteroatoms. The molecule has 0 aliphatic heterocycles. The minimum absolute atomic E-state index is 0.665. The molecule has 0 aliphatic carbocycles. The molecule has 3 rings (SSSR count). The molecule has 0 amide bonds. The molecular formula is C17H18N4S. The summed E-state index contributed by atoms with van der Waals surface area (Å²) in [5.74, 6) is 1.53. The van der Waals surface area contributed by atoms with Gasteiger partial charge in [-0.15, -0.1) is 5.10 Å². The summed E-state index contributed by atoms with van der Waals surface area (Å²) in [4.78, 5) is 4.47. The number of hydrogen-bond donors (Lipinski definition) is 2. The Balaban J connectivity index is 1.63. The van der Waals surface area contributed by atoms with Crippen molar-refractivity contribution >= 4 is 23.4 Å². The van der Waals surface area contributed by atoms with Gasteiger partial charge in [-0.25, -0.2) is 5.10 Å². The maximum absolute atomic E-state index is 4.47. The van der Waals surface area contributed by atoms with Crippen molar-refractivity contribution in [3.05, 3.63) is 65.2 Å². The van der Waals surface area contributed by atoms with Crippen molar-refractivity contribution in [2.24, 2.45) is 0 Å². The number of nitrogens with zero attached hydrogens (tertiary/aromatic N) is 2. The largest absolute Gasteiger partial charge is 0.325 e. The minimum Gasteiger partial charge on any atom is -0.325 e. The van der Waals surface area contributed by atoms with Crippen molar-refractivity contribution < 1.29 is 0 Å². The molecular weight excluding hydrogens is 292 g/mol. The fourth-order valence-corrected chi connectivity index (χ4v) is 3.02. The van der Waals surface area contributed by atoms with Crippen LogP contribution in [0, 0.1) is 13.8 Å². The lowest BCUT2D eigenvalue weighted by atomic mass is 10.1. The van der Waals surface area contributed by atoms with Crippen molar-refractivity contribution in [2.75, 3.05) is 5.32 Å². The monoisotopic (exact) mass is 310 g/mol. The van der Waals surface area contributed by atoms with Gasteiger partial charge in [0.05, 0.1) is 0 Å². The molecule has 0 fully saturated rings. The van der Waals surface area contributed by atoms with E-state index in [1.54, 1.807) is 11.8 Å². The highest BCUT2D eigenvalue weighted by molar-refractivity contribution is 7.98. The summed E-state index contributed by atoms with van der Waals surface area (Å²) < 4.78 is 0. The second-order valence-electron chi connectivity index (χ2n) is 5.18. The van der Waals surface area contributed by atoms with E-state index >= 15 is 0 Å². The van der Waals surface area contributed by atoms with E-state index in [9.17, 15) is 0 Å². The van der Waals surface area contributed by atoms with Gasteiger partial charge in [0.15, 0.2) is 0 Å². The fraction of sp³-hybridized carbons (Fsp3) is 0.176. The number of anilines is 2. The molecule has 1 heterocycles. The Morgan fingerprint density at radius 1 is 1.09 bits per heavy atom. The molecule has 0 atom stereocenters. The quantitative estimate of drug-likeness (QED) is 0.683. The standard InChI is InChI=1S/C17H18N4S/c1-12-6-5-9-15(10-12)18-16-19-17(21-20-16)22-11-14-8-4-3-7-13(14)2/h3-10H,11H2,1-2H3,(H2,18,19,20,21). The van der Waals surface area contributed by atoms with Gasteiger partial charge in [-0.3, -0.25) is 0 Å². The van der Waals surface area contributed by atoms with Crippen molar-refractivity contribution in [1.82, 2.24) is 15.2 Å². The van der Waals surface area contributed by atoms with E-state index in [0.29, 0.717) is 5.95 Å². The van der Waals surface area contributed by atoms with Crippen LogP contribution in [0.1, 0.15) is 16.7 Å². The van der Waals surface area contributed by atoms with Gasteiger partial charge in [0.1, 0.15) is 0 Å². The van der Waals surface area contributed by atoms with Gasteiger partial charge in [0.2, 0.25) is 11.1 Å². The van der Waals surface area contributed by atoms with Crippen molar-refractivity contribution in [1.29, 1.82) is 0 Å². The van der Waals surface area contributed by atoms with Gasteiger partial charge >= 0.3 is 0 Å². The average Bonchev–Trinajstić information content (AvgIpc) is 2.94. The van der Waals surface area contributed by atoms with E-state index in [1.165, 1.54) is 16.7 Å². The first kappa shape index (κ1) is 14.7. The lowest BCUT2D eigenvalue weighted by Gasteiger charge is -2.03. The third-order valence-corrected chi connectivity index (χ3v) is 4.26. The Kier molecular flexibility index (Phi) is 4.44. The van der Waals surface area contributed by atoms with Gasteiger partial charge in [-0.2, -0.15) is 4.98 Å². The topological polar surface area (TPSA) is 53.6 Å². The van der Waals surface area contributed by atoms with E-state index in [1.807, 2.05) is 12.1 Å². The number of nitrogens with one attached hydrogen (secondary N) is 2. The highest BCUT2D eigenvalue weighted by Crippen LogP contribution is 2.23. The molecule has 2 N–H and O–H groups in total. The molecule has 0 saturated heterocycles. The van der Waals surface area contributed by atoms with Gasteiger partial charge < -0.3 is 5.32 Å². The molecule has 1 aromatic heterocycles. The van der Waals surface area contributed by atoms with Crippen LogP contribution in [0.2, 0.25) is 0 Å². The molecule has 3 aromatic rings. The second kappa shape index (κ2) is 6.66. The Hall–Kier alpha value is -2.27. The van der Waals surface area contributed by atoms with Crippen LogP contribution < -0.4 is 5.32 Å². The Labute approximate surface area is 134 Å². The summed E-state index contributed by atoms with van der Waals surface area (Å²) in [5, 5.41) is 11.2. The number of aromatic amines is 1. The van der Waals surface area contributed by atoms with Gasteiger partial charge in [-0.1, -0.05) is 48.2 Å². The molecule has 2 aromatic carbocycles. The van der Waals surface area contributed by atoms with Crippen LogP contribution in [0.5, 0.6) is 0 Å². The summed E-state index contributed by atoms with van der Waals surface area (Å²) in [6, 6.07) is 16.5. The van der Waals surface area contributed by atoms with Crippen molar-refractivity contribution in [2.45, 2.75) is 24.8 Å². The second-order valence-corrected chi connectivity index (χ2v) is 6.12. The van der Waals surface area contributed by atoms with E-state index in [0.717, 1.165) is 16.6 Å². The predicted molar refractivity (Wildman–Crippen MR) is 91.6 cm³/mol. The zero-order valence-corrected chi connectivity index (χ0v) is 13.4. The van der Waals surface area contributed by atoms with Crippen LogP contribution >= 0.6 is 11.8 Å². The van der Waals surface area contributed by atoms with Crippen LogP contribution in [0.3, 0.4) is 0 Å². The minimum atomic E-state index is 0.665. The number of hydrogen-bond acceptors (Lipinski definition) is 4. The number of rotatable bonds is 5. The molecule has 22 heavy (non-hydrogen) atoms. The first-order valence-corrected chi connectivity index (χ1v) is 8.13. The number of thioether (sulfide) groups is 1. The maximum Gasteiger partial charge on any atom is 0.223 e. The smallest absolute Gasteiger partial charge is 0.223 e. The number of aryl methyl sites for hydroxylation is 2. The molecule has 0 aliphatic rings. The first-order chi connectivity index (χ1) is 10.7. The summed E-state index contributed by atoms with van der Waals surface area (Å²) in [6.07, 6.45) is 0. The van der Waals surface area contributed by atoms with Gasteiger partial charge in [0.25, 0.3) is 0 Å². The maximum atomic E-state index is 4.47. The van der Waals surface area contributed by atoms with Gasteiger partial charge in [-0.05, 0) is 42.7 Å². The van der Waals surface area contributed by atoms with Crippen LogP contribution in [0.15, 0.2) is 53.7 Å². The molecule has 0 bridgehead atoms. The molecule has 4 nitrogen and oxygen atoms in total. The lowest BCUT2D eigenvalue weighted by molar-refractivity contribution is 0.973. The predicted octanol–water partition coefficient (Wildman–Crippen LogP) is 4.46. The first-order valence-electron chi connectivity index (χ1n) is 7.14. The summed E-state index contributed by atoms with van der Waals surface area (Å²) in [6.45, 7) is 4.19. The van der Waals surface area contributed by atoms with Crippen LogP contribution in [-0.2, 0) is 5.75 Å². The number of benzene rings is 2. The molecule has 0 spiro atoms. The zero-order valence-electron chi connectivity index (χ0n) is 12.6.